The van der Waals surface area contributed by atoms with Crippen LogP contribution in [-0.4, -0.2) is 24.1 Å². The lowest BCUT2D eigenvalue weighted by molar-refractivity contribution is -0.147. The van der Waals surface area contributed by atoms with Gasteiger partial charge in [0.1, 0.15) is 11.4 Å². The third-order valence-corrected chi connectivity index (χ3v) is 4.69. The molecule has 3 rings (SSSR count). The number of rotatable bonds is 3. The summed E-state index contributed by atoms with van der Waals surface area (Å²) in [6, 6.07) is 5.93. The fraction of sp³-hybridized carbons (Fsp3) is 0.556. The quantitative estimate of drug-likeness (QED) is 0.870. The van der Waals surface area contributed by atoms with E-state index < -0.39 is 11.5 Å². The predicted octanol–water partition coefficient (Wildman–Crippen LogP) is 2.53. The molecule has 23 heavy (non-hydrogen) atoms. The molecule has 1 saturated heterocycles. The molecule has 2 heterocycles. The first kappa shape index (κ1) is 15.8. The molecule has 1 aromatic carbocycles. The topological polar surface area (TPSA) is 64.6 Å². The molecule has 5 heteroatoms. The summed E-state index contributed by atoms with van der Waals surface area (Å²) in [6.07, 6.45) is 2.17. The molecule has 124 valence electrons. The van der Waals surface area contributed by atoms with Gasteiger partial charge in [-0.3, -0.25) is 9.59 Å². The lowest BCUT2D eigenvalue weighted by Crippen LogP contribution is -2.41. The van der Waals surface area contributed by atoms with Crippen molar-refractivity contribution in [1.82, 2.24) is 5.32 Å². The average Bonchev–Trinajstić information content (AvgIpc) is 2.79. The minimum Gasteiger partial charge on any atom is -0.493 e. The van der Waals surface area contributed by atoms with Crippen LogP contribution in [0.3, 0.4) is 0 Å². The van der Waals surface area contributed by atoms with E-state index in [-0.39, 0.29) is 24.3 Å². The fourth-order valence-electron chi connectivity index (χ4n) is 3.27. The number of esters is 1. The van der Waals surface area contributed by atoms with Crippen molar-refractivity contribution in [3.8, 4) is 5.75 Å². The Balaban J connectivity index is 1.70. The van der Waals surface area contributed by atoms with E-state index in [1.54, 1.807) is 13.8 Å². The number of hydrogen-bond donors (Lipinski definition) is 1. The Morgan fingerprint density at radius 3 is 2.87 bits per heavy atom. The van der Waals surface area contributed by atoms with Gasteiger partial charge in [-0.05, 0) is 50.8 Å². The summed E-state index contributed by atoms with van der Waals surface area (Å²) in [5.74, 6) is 0.0453. The molecule has 1 N–H and O–H groups in total. The van der Waals surface area contributed by atoms with E-state index in [9.17, 15) is 9.59 Å². The highest BCUT2D eigenvalue weighted by Gasteiger charge is 2.46. The van der Waals surface area contributed by atoms with Crippen LogP contribution in [0, 0.1) is 5.92 Å². The molecule has 1 fully saturated rings. The highest BCUT2D eigenvalue weighted by Crippen LogP contribution is 2.33. The van der Waals surface area contributed by atoms with E-state index in [2.05, 4.69) is 11.4 Å². The Morgan fingerprint density at radius 1 is 1.39 bits per heavy atom. The van der Waals surface area contributed by atoms with Gasteiger partial charge in [0.2, 0.25) is 5.91 Å². The van der Waals surface area contributed by atoms with Gasteiger partial charge in [-0.1, -0.05) is 12.1 Å². The Kier molecular flexibility index (Phi) is 4.04. The zero-order valence-electron chi connectivity index (χ0n) is 13.8. The Hall–Kier alpha value is -2.04. The molecule has 1 aromatic rings. The number of fused-ring (bicyclic) bond motifs is 1. The molecule has 0 saturated carbocycles. The fourth-order valence-corrected chi connectivity index (χ4v) is 3.27. The first-order valence-corrected chi connectivity index (χ1v) is 8.14. The van der Waals surface area contributed by atoms with Crippen LogP contribution in [0.25, 0.3) is 0 Å². The van der Waals surface area contributed by atoms with Crippen molar-refractivity contribution in [2.45, 2.75) is 51.7 Å². The van der Waals surface area contributed by atoms with Crippen molar-refractivity contribution in [3.63, 3.8) is 0 Å². The molecule has 2 atom stereocenters. The molecule has 0 aliphatic carbocycles. The van der Waals surface area contributed by atoms with Gasteiger partial charge < -0.3 is 14.8 Å². The first-order chi connectivity index (χ1) is 10.9. The number of nitrogens with one attached hydrogen (secondary N) is 1. The van der Waals surface area contributed by atoms with E-state index in [1.807, 2.05) is 19.1 Å². The third-order valence-electron chi connectivity index (χ3n) is 4.69. The largest absolute Gasteiger partial charge is 0.493 e. The molecule has 0 radical (unpaired) electrons. The summed E-state index contributed by atoms with van der Waals surface area (Å²) < 4.78 is 10.8. The summed E-state index contributed by atoms with van der Waals surface area (Å²) in [4.78, 5) is 24.0. The van der Waals surface area contributed by atoms with Gasteiger partial charge in [0.25, 0.3) is 0 Å². The summed E-state index contributed by atoms with van der Waals surface area (Å²) in [5, 5.41) is 3.01. The zero-order chi connectivity index (χ0) is 16.6. The molecule has 1 amide bonds. The minimum absolute atomic E-state index is 0.124. The van der Waals surface area contributed by atoms with Crippen LogP contribution in [0.4, 0.5) is 0 Å². The molecule has 0 aromatic heterocycles. The van der Waals surface area contributed by atoms with E-state index in [1.165, 1.54) is 5.56 Å². The molecule has 0 spiro atoms. The summed E-state index contributed by atoms with van der Waals surface area (Å²) in [5.41, 5.74) is 1.49. The standard InChI is InChI=1S/C18H23NO4/c1-11(12-6-7-15-13(9-12)5-4-8-22-15)19-17(21)14-10-16(20)23-18(14,2)3/h6-7,9,11,14H,4-5,8,10H2,1-3H3,(H,19,21)/t11-,14+/m0/s1. The van der Waals surface area contributed by atoms with Crippen molar-refractivity contribution < 1.29 is 19.1 Å². The second-order valence-corrected chi connectivity index (χ2v) is 6.88. The van der Waals surface area contributed by atoms with Gasteiger partial charge in [-0.25, -0.2) is 0 Å². The minimum atomic E-state index is -0.745. The average molecular weight is 317 g/mol. The molecule has 0 bridgehead atoms. The molecular weight excluding hydrogens is 294 g/mol. The third kappa shape index (κ3) is 3.19. The Bertz CT molecular complexity index is 638. The first-order valence-electron chi connectivity index (χ1n) is 8.14. The van der Waals surface area contributed by atoms with Crippen LogP contribution >= 0.6 is 0 Å². The molecule has 5 nitrogen and oxygen atoms in total. The van der Waals surface area contributed by atoms with Crippen molar-refractivity contribution in [2.24, 2.45) is 5.92 Å². The Labute approximate surface area is 136 Å². The number of carbonyl (C=O) groups excluding carboxylic acids is 2. The van der Waals surface area contributed by atoms with Gasteiger partial charge in [-0.15, -0.1) is 0 Å². The number of carbonyl (C=O) groups is 2. The van der Waals surface area contributed by atoms with Crippen LogP contribution in [0.1, 0.15) is 50.8 Å². The number of cyclic esters (lactones) is 1. The smallest absolute Gasteiger partial charge is 0.307 e. The highest BCUT2D eigenvalue weighted by atomic mass is 16.6. The van der Waals surface area contributed by atoms with Crippen LogP contribution in [0.15, 0.2) is 18.2 Å². The maximum absolute atomic E-state index is 12.5. The second-order valence-electron chi connectivity index (χ2n) is 6.88. The SMILES string of the molecule is C[C@H](NC(=O)[C@H]1CC(=O)OC1(C)C)c1ccc2c(c1)CCCO2. The number of ether oxygens (including phenoxy) is 2. The normalized spacial score (nSPS) is 23.4. The molecule has 0 unspecified atom stereocenters. The monoisotopic (exact) mass is 317 g/mol. The Morgan fingerprint density at radius 2 is 2.17 bits per heavy atom. The van der Waals surface area contributed by atoms with Crippen molar-refractivity contribution in [3.05, 3.63) is 29.3 Å². The maximum Gasteiger partial charge on any atom is 0.307 e. The summed E-state index contributed by atoms with van der Waals surface area (Å²) in [7, 11) is 0. The number of hydrogen-bond acceptors (Lipinski definition) is 4. The second kappa shape index (κ2) is 5.87. The van der Waals surface area contributed by atoms with E-state index in [0.717, 1.165) is 30.8 Å². The van der Waals surface area contributed by atoms with Crippen molar-refractivity contribution in [2.75, 3.05) is 6.61 Å². The lowest BCUT2D eigenvalue weighted by Gasteiger charge is -2.26. The molecule has 2 aliphatic rings. The van der Waals surface area contributed by atoms with Crippen LogP contribution < -0.4 is 10.1 Å². The highest BCUT2D eigenvalue weighted by molar-refractivity contribution is 5.87. The van der Waals surface area contributed by atoms with Crippen molar-refractivity contribution in [1.29, 1.82) is 0 Å². The van der Waals surface area contributed by atoms with Gasteiger partial charge in [0.05, 0.1) is 25.0 Å². The number of amides is 1. The van der Waals surface area contributed by atoms with E-state index in [4.69, 9.17) is 9.47 Å². The van der Waals surface area contributed by atoms with Gasteiger partial charge in [-0.2, -0.15) is 0 Å². The number of aryl methyl sites for hydroxylation is 1. The summed E-state index contributed by atoms with van der Waals surface area (Å²) in [6.45, 7) is 6.28. The van der Waals surface area contributed by atoms with Gasteiger partial charge in [0.15, 0.2) is 0 Å². The van der Waals surface area contributed by atoms with Crippen LogP contribution in [0.5, 0.6) is 5.75 Å². The summed E-state index contributed by atoms with van der Waals surface area (Å²) >= 11 is 0. The van der Waals surface area contributed by atoms with Crippen LogP contribution in [-0.2, 0) is 20.7 Å². The van der Waals surface area contributed by atoms with Crippen molar-refractivity contribution >= 4 is 11.9 Å². The van der Waals surface area contributed by atoms with Crippen LogP contribution in [0.2, 0.25) is 0 Å². The zero-order valence-corrected chi connectivity index (χ0v) is 13.8. The lowest BCUT2D eigenvalue weighted by atomic mass is 9.89. The number of benzene rings is 1. The predicted molar refractivity (Wildman–Crippen MR) is 85.1 cm³/mol. The van der Waals surface area contributed by atoms with E-state index in [0.29, 0.717) is 0 Å². The van der Waals surface area contributed by atoms with E-state index >= 15 is 0 Å². The van der Waals surface area contributed by atoms with Gasteiger partial charge >= 0.3 is 5.97 Å². The maximum atomic E-state index is 12.5. The molecule has 2 aliphatic heterocycles. The van der Waals surface area contributed by atoms with Gasteiger partial charge in [0, 0.05) is 0 Å². The molecular formula is C18H23NO4.